The van der Waals surface area contributed by atoms with E-state index in [-0.39, 0.29) is 12.0 Å². The van der Waals surface area contributed by atoms with E-state index in [0.29, 0.717) is 0 Å². The largest absolute Gasteiger partial charge is 0.454 e. The summed E-state index contributed by atoms with van der Waals surface area (Å²) in [5.41, 5.74) is 16.0. The first kappa shape index (κ1) is 33.0. The summed E-state index contributed by atoms with van der Waals surface area (Å²) in [5, 5.41) is 2.22. The smallest absolute Gasteiger partial charge is 0.159 e. The third-order valence-corrected chi connectivity index (χ3v) is 11.7. The Hall–Kier alpha value is -7.36. The van der Waals surface area contributed by atoms with Crippen molar-refractivity contribution in [3.05, 3.63) is 230 Å². The minimum Gasteiger partial charge on any atom is -0.454 e. The van der Waals surface area contributed by atoms with Crippen molar-refractivity contribution in [2.24, 2.45) is 0 Å². The van der Waals surface area contributed by atoms with Gasteiger partial charge in [0.25, 0.3) is 0 Å². The molecule has 0 saturated carbocycles. The average Bonchev–Trinajstić information content (AvgIpc) is 3.84. The lowest BCUT2D eigenvalue weighted by Gasteiger charge is -2.35. The molecule has 0 fully saturated rings. The van der Waals surface area contributed by atoms with Gasteiger partial charge in [-0.1, -0.05) is 170 Å². The van der Waals surface area contributed by atoms with Crippen LogP contribution in [-0.4, -0.2) is 6.04 Å². The molecule has 270 valence electrons. The minimum atomic E-state index is 0.133. The molecule has 0 spiro atoms. The number of furan rings is 1. The molecule has 2 aliphatic rings. The first-order valence-electron chi connectivity index (χ1n) is 19.7. The van der Waals surface area contributed by atoms with Crippen molar-refractivity contribution >= 4 is 55.9 Å². The molecule has 1 aliphatic heterocycles. The molecule has 9 aromatic rings. The van der Waals surface area contributed by atoms with Crippen molar-refractivity contribution in [3.63, 3.8) is 0 Å². The topological polar surface area (TPSA) is 19.6 Å². The number of fused-ring (bicyclic) bond motifs is 6. The van der Waals surface area contributed by atoms with Gasteiger partial charge < -0.3 is 14.2 Å². The Bertz CT molecular complexity index is 2960. The van der Waals surface area contributed by atoms with Gasteiger partial charge in [-0.25, -0.2) is 0 Å². The molecule has 2 atom stereocenters. The van der Waals surface area contributed by atoms with Crippen molar-refractivity contribution in [2.75, 3.05) is 9.80 Å². The number of para-hydroxylation sites is 4. The maximum Gasteiger partial charge on any atom is 0.159 e. The molecule has 1 aliphatic carbocycles. The van der Waals surface area contributed by atoms with Crippen molar-refractivity contribution in [1.29, 1.82) is 0 Å². The number of benzene rings is 8. The molecule has 0 N–H and O–H groups in total. The Morgan fingerprint density at radius 1 is 0.456 bits per heavy atom. The van der Waals surface area contributed by atoms with Crippen molar-refractivity contribution in [2.45, 2.75) is 12.0 Å². The Morgan fingerprint density at radius 2 is 1.05 bits per heavy atom. The van der Waals surface area contributed by atoms with Crippen LogP contribution in [0.3, 0.4) is 0 Å². The van der Waals surface area contributed by atoms with E-state index in [0.717, 1.165) is 44.6 Å². The van der Waals surface area contributed by atoms with Crippen LogP contribution in [-0.2, 0) is 0 Å². The van der Waals surface area contributed by atoms with E-state index in [9.17, 15) is 0 Å². The molecular weight excluding hydrogens is 693 g/mol. The summed E-state index contributed by atoms with van der Waals surface area (Å²) < 4.78 is 6.62. The van der Waals surface area contributed by atoms with E-state index in [1.165, 1.54) is 44.8 Å². The number of nitrogens with zero attached hydrogens (tertiary/aromatic N) is 2. The number of rotatable bonds is 7. The van der Waals surface area contributed by atoms with Crippen molar-refractivity contribution < 1.29 is 4.42 Å². The Balaban J connectivity index is 1.03. The highest BCUT2D eigenvalue weighted by Gasteiger charge is 2.42. The molecule has 0 bridgehead atoms. The van der Waals surface area contributed by atoms with Crippen LogP contribution in [0, 0.1) is 0 Å². The molecule has 0 amide bonds. The summed E-state index contributed by atoms with van der Waals surface area (Å²) in [4.78, 5) is 4.90. The zero-order valence-corrected chi connectivity index (χ0v) is 31.2. The van der Waals surface area contributed by atoms with E-state index in [4.69, 9.17) is 4.42 Å². The average molecular weight is 731 g/mol. The van der Waals surface area contributed by atoms with Gasteiger partial charge in [-0.05, 0) is 81.9 Å². The number of hydrogen-bond donors (Lipinski definition) is 0. The number of anilines is 5. The zero-order valence-electron chi connectivity index (χ0n) is 31.2. The maximum atomic E-state index is 6.62. The molecule has 57 heavy (non-hydrogen) atoms. The van der Waals surface area contributed by atoms with E-state index < -0.39 is 0 Å². The van der Waals surface area contributed by atoms with E-state index >= 15 is 0 Å². The highest BCUT2D eigenvalue weighted by atomic mass is 16.3. The molecule has 0 radical (unpaired) electrons. The molecule has 2 heterocycles. The fraction of sp³-hybridized carbons (Fsp3) is 0.0370. The summed E-state index contributed by atoms with van der Waals surface area (Å²) in [6.45, 7) is 0. The van der Waals surface area contributed by atoms with Gasteiger partial charge in [-0.15, -0.1) is 0 Å². The normalized spacial score (nSPS) is 15.7. The Labute approximate surface area is 332 Å². The van der Waals surface area contributed by atoms with Gasteiger partial charge in [-0.3, -0.25) is 0 Å². The van der Waals surface area contributed by atoms with Gasteiger partial charge in [0.2, 0.25) is 0 Å². The molecule has 11 rings (SSSR count). The summed E-state index contributed by atoms with van der Waals surface area (Å²) >= 11 is 0. The predicted molar refractivity (Wildman–Crippen MR) is 238 cm³/mol. The van der Waals surface area contributed by atoms with Crippen LogP contribution in [0.2, 0.25) is 0 Å². The lowest BCUT2D eigenvalue weighted by atomic mass is 9.83. The summed E-state index contributed by atoms with van der Waals surface area (Å²) in [6.07, 6.45) is 6.91. The van der Waals surface area contributed by atoms with Crippen LogP contribution < -0.4 is 9.80 Å². The fourth-order valence-corrected chi connectivity index (χ4v) is 9.05. The monoisotopic (exact) mass is 730 g/mol. The third kappa shape index (κ3) is 5.58. The molecule has 3 nitrogen and oxygen atoms in total. The molecule has 2 unspecified atom stereocenters. The number of hydrogen-bond acceptors (Lipinski definition) is 3. The maximum absolute atomic E-state index is 6.62. The zero-order chi connectivity index (χ0) is 37.7. The lowest BCUT2D eigenvalue weighted by molar-refractivity contribution is 0.669. The van der Waals surface area contributed by atoms with Crippen LogP contribution in [0.25, 0.3) is 49.8 Å². The van der Waals surface area contributed by atoms with Crippen LogP contribution >= 0.6 is 0 Å². The van der Waals surface area contributed by atoms with Gasteiger partial charge in [-0.2, -0.15) is 0 Å². The van der Waals surface area contributed by atoms with Gasteiger partial charge in [0.05, 0.1) is 11.7 Å². The third-order valence-electron chi connectivity index (χ3n) is 11.7. The Kier molecular flexibility index (Phi) is 7.96. The van der Waals surface area contributed by atoms with Gasteiger partial charge >= 0.3 is 0 Å². The minimum absolute atomic E-state index is 0.133. The van der Waals surface area contributed by atoms with E-state index in [1.54, 1.807) is 0 Å². The summed E-state index contributed by atoms with van der Waals surface area (Å²) in [5.74, 6) is 0.250. The van der Waals surface area contributed by atoms with E-state index in [1.807, 2.05) is 12.1 Å². The Morgan fingerprint density at radius 3 is 1.82 bits per heavy atom. The molecule has 8 aromatic carbocycles. The van der Waals surface area contributed by atoms with Gasteiger partial charge in [0.15, 0.2) is 5.58 Å². The van der Waals surface area contributed by atoms with Gasteiger partial charge in [0.1, 0.15) is 5.58 Å². The van der Waals surface area contributed by atoms with E-state index in [2.05, 4.69) is 216 Å². The van der Waals surface area contributed by atoms with Crippen LogP contribution in [0.4, 0.5) is 28.4 Å². The van der Waals surface area contributed by atoms with Crippen LogP contribution in [0.1, 0.15) is 17.0 Å². The predicted octanol–water partition coefficient (Wildman–Crippen LogP) is 14.6. The standard InChI is InChI=1S/C54H38N2O/c1-3-15-37(16-4-1)38-29-33-41(34-30-38)55(51-27-14-24-48-46-21-9-12-28-52(46)57-54(48)51)42-35-31-40(32-36-42)43-19-7-10-25-49(43)56-50-26-11-8-20-45(50)47-23-13-22-44(53(47)56)39-17-5-2-6-18-39/h1-36,47,53H. The van der Waals surface area contributed by atoms with Crippen LogP contribution in [0.15, 0.2) is 223 Å². The second kappa shape index (κ2) is 13.7. The van der Waals surface area contributed by atoms with Crippen LogP contribution in [0.5, 0.6) is 0 Å². The second-order valence-electron chi connectivity index (χ2n) is 14.8. The summed E-state index contributed by atoms with van der Waals surface area (Å²) in [7, 11) is 0. The highest BCUT2D eigenvalue weighted by Crippen LogP contribution is 2.53. The second-order valence-corrected chi connectivity index (χ2v) is 14.8. The lowest BCUT2D eigenvalue weighted by Crippen LogP contribution is -2.32. The van der Waals surface area contributed by atoms with Crippen molar-refractivity contribution in [3.8, 4) is 22.3 Å². The van der Waals surface area contributed by atoms with Gasteiger partial charge in [0, 0.05) is 45.0 Å². The molecule has 0 saturated heterocycles. The first-order chi connectivity index (χ1) is 28.3. The molecule has 1 aromatic heterocycles. The quantitative estimate of drug-likeness (QED) is 0.163. The molecular formula is C54H38N2O. The highest BCUT2D eigenvalue weighted by molar-refractivity contribution is 6.10. The first-order valence-corrected chi connectivity index (χ1v) is 19.7. The SMILES string of the molecule is C1=CC2c3ccccc3N(c3ccccc3-c3ccc(N(c4ccc(-c5ccccc5)cc4)c4cccc5c4oc4ccccc45)cc3)C2C(c2ccccc2)=C1. The number of allylic oxidation sites excluding steroid dienone is 2. The fourth-order valence-electron chi connectivity index (χ4n) is 9.05. The van der Waals surface area contributed by atoms with Crippen molar-refractivity contribution in [1.82, 2.24) is 0 Å². The summed E-state index contributed by atoms with van der Waals surface area (Å²) in [6, 6.07) is 71.9. The molecule has 3 heteroatoms.